The molecule has 0 radical (unpaired) electrons. The molecule has 0 bridgehead atoms. The van der Waals surface area contributed by atoms with Crippen LogP contribution in [0.3, 0.4) is 0 Å². The van der Waals surface area contributed by atoms with Crippen LogP contribution < -0.4 is 0 Å². The molecule has 1 heterocycles. The minimum Gasteiger partial charge on any atom is -0.481 e. The highest BCUT2D eigenvalue weighted by atomic mass is 16.4. The molecule has 2 unspecified atom stereocenters. The zero-order chi connectivity index (χ0) is 15.7. The zero-order valence-corrected chi connectivity index (χ0v) is 12.2. The molecule has 2 atom stereocenters. The number of nitrogens with zero attached hydrogens (tertiary/aromatic N) is 1. The van der Waals surface area contributed by atoms with E-state index in [1.54, 1.807) is 0 Å². The second-order valence-corrected chi connectivity index (χ2v) is 6.14. The first kappa shape index (κ1) is 14.8. The Labute approximate surface area is 128 Å². The van der Waals surface area contributed by atoms with Gasteiger partial charge in [0.05, 0.1) is 11.8 Å². The lowest BCUT2D eigenvalue weighted by Crippen LogP contribution is -2.33. The molecule has 2 N–H and O–H groups in total. The lowest BCUT2D eigenvalue weighted by Gasteiger charge is -2.26. The third-order valence-electron chi connectivity index (χ3n) is 4.63. The van der Waals surface area contributed by atoms with Crippen molar-refractivity contribution in [2.24, 2.45) is 11.8 Å². The summed E-state index contributed by atoms with van der Waals surface area (Å²) in [4.78, 5) is 24.9. The summed E-state index contributed by atoms with van der Waals surface area (Å²) in [5.74, 6) is -3.60. The van der Waals surface area contributed by atoms with Crippen LogP contribution in [0.1, 0.15) is 18.4 Å². The minimum atomic E-state index is -1.000. The minimum absolute atomic E-state index is 0.368. The maximum atomic E-state index is 11.3. The van der Waals surface area contributed by atoms with E-state index in [1.165, 1.54) is 5.56 Å². The summed E-state index contributed by atoms with van der Waals surface area (Å²) < 4.78 is 0. The van der Waals surface area contributed by atoms with Gasteiger partial charge in [0.25, 0.3) is 0 Å². The van der Waals surface area contributed by atoms with Crippen LogP contribution in [0.2, 0.25) is 0 Å². The van der Waals surface area contributed by atoms with Crippen molar-refractivity contribution in [3.05, 3.63) is 47.0 Å². The van der Waals surface area contributed by atoms with Crippen LogP contribution in [0.4, 0.5) is 0 Å². The van der Waals surface area contributed by atoms with E-state index in [2.05, 4.69) is 17.0 Å². The second kappa shape index (κ2) is 5.93. The molecule has 0 fully saturated rings. The molecule has 22 heavy (non-hydrogen) atoms. The first-order valence-corrected chi connectivity index (χ1v) is 7.46. The molecule has 0 aromatic heterocycles. The predicted molar refractivity (Wildman–Crippen MR) is 80.2 cm³/mol. The molecule has 0 amide bonds. The highest BCUT2D eigenvalue weighted by Gasteiger charge is 2.41. The van der Waals surface area contributed by atoms with Crippen LogP contribution in [0, 0.1) is 11.8 Å². The average molecular weight is 301 g/mol. The van der Waals surface area contributed by atoms with E-state index in [1.807, 2.05) is 18.2 Å². The van der Waals surface area contributed by atoms with Gasteiger partial charge in [-0.25, -0.2) is 0 Å². The Balaban J connectivity index is 1.71. The molecule has 5 nitrogen and oxygen atoms in total. The fraction of sp³-hybridized carbons (Fsp3) is 0.412. The molecule has 1 aromatic rings. The number of rotatable bonds is 4. The maximum Gasteiger partial charge on any atom is 0.307 e. The second-order valence-electron chi connectivity index (χ2n) is 6.14. The quantitative estimate of drug-likeness (QED) is 0.832. The van der Waals surface area contributed by atoms with Gasteiger partial charge in [0, 0.05) is 19.6 Å². The molecular weight excluding hydrogens is 282 g/mol. The Morgan fingerprint density at radius 3 is 1.91 bits per heavy atom. The van der Waals surface area contributed by atoms with Crippen LogP contribution >= 0.6 is 0 Å². The molecule has 0 spiro atoms. The summed E-state index contributed by atoms with van der Waals surface area (Å²) in [5, 5.41) is 18.6. The Hall–Kier alpha value is -2.14. The molecule has 1 aliphatic carbocycles. The standard InChI is InChI=1S/C17H19NO4/c19-16(20)14-6-12-9-18(8-11-4-2-1-3-5-11)10-13(12)7-15(14)17(21)22/h1-5,14-15H,6-10H2,(H,19,20)(H,21,22). The third kappa shape index (κ3) is 2.90. The van der Waals surface area contributed by atoms with E-state index in [4.69, 9.17) is 0 Å². The van der Waals surface area contributed by atoms with Crippen LogP contribution in [0.25, 0.3) is 0 Å². The fourth-order valence-electron chi connectivity index (χ4n) is 3.52. The van der Waals surface area contributed by atoms with E-state index in [0.717, 1.165) is 30.8 Å². The van der Waals surface area contributed by atoms with Crippen molar-refractivity contribution in [2.75, 3.05) is 13.1 Å². The SMILES string of the molecule is O=C(O)C1CC2=C(CC1C(=O)O)CN(Cc1ccccc1)C2. The molecule has 5 heteroatoms. The van der Waals surface area contributed by atoms with Gasteiger partial charge in [0.1, 0.15) is 0 Å². The van der Waals surface area contributed by atoms with Crippen molar-refractivity contribution in [1.29, 1.82) is 0 Å². The Bertz CT molecular complexity index is 589. The number of aliphatic carboxylic acids is 2. The molecule has 2 aliphatic rings. The summed E-state index contributed by atoms with van der Waals surface area (Å²) in [6.07, 6.45) is 0.736. The van der Waals surface area contributed by atoms with Crippen molar-refractivity contribution in [1.82, 2.24) is 4.90 Å². The number of hydrogen-bond acceptors (Lipinski definition) is 3. The topological polar surface area (TPSA) is 77.8 Å². The van der Waals surface area contributed by atoms with Gasteiger partial charge in [-0.3, -0.25) is 14.5 Å². The lowest BCUT2D eigenvalue weighted by molar-refractivity contribution is -0.154. The first-order chi connectivity index (χ1) is 10.5. The Kier molecular flexibility index (Phi) is 3.98. The molecular formula is C17H19NO4. The van der Waals surface area contributed by atoms with Gasteiger partial charge < -0.3 is 10.2 Å². The largest absolute Gasteiger partial charge is 0.481 e. The van der Waals surface area contributed by atoms with Crippen molar-refractivity contribution < 1.29 is 19.8 Å². The van der Waals surface area contributed by atoms with Gasteiger partial charge in [-0.05, 0) is 18.4 Å². The van der Waals surface area contributed by atoms with Crippen LogP contribution in [0.5, 0.6) is 0 Å². The van der Waals surface area contributed by atoms with Crippen LogP contribution in [-0.4, -0.2) is 40.1 Å². The summed E-state index contributed by atoms with van der Waals surface area (Å²) in [5.41, 5.74) is 3.47. The molecule has 0 saturated carbocycles. The normalized spacial score (nSPS) is 25.1. The Morgan fingerprint density at radius 2 is 1.45 bits per heavy atom. The number of carboxylic acids is 2. The van der Waals surface area contributed by atoms with E-state index >= 15 is 0 Å². The van der Waals surface area contributed by atoms with Crippen molar-refractivity contribution in [3.63, 3.8) is 0 Å². The van der Waals surface area contributed by atoms with E-state index < -0.39 is 23.8 Å². The third-order valence-corrected chi connectivity index (χ3v) is 4.63. The van der Waals surface area contributed by atoms with Crippen molar-refractivity contribution in [2.45, 2.75) is 19.4 Å². The van der Waals surface area contributed by atoms with E-state index in [0.29, 0.717) is 12.8 Å². The van der Waals surface area contributed by atoms with Gasteiger partial charge in [-0.1, -0.05) is 41.5 Å². The summed E-state index contributed by atoms with van der Waals surface area (Å²) in [7, 11) is 0. The summed E-state index contributed by atoms with van der Waals surface area (Å²) in [6, 6.07) is 10.1. The Morgan fingerprint density at radius 1 is 0.955 bits per heavy atom. The van der Waals surface area contributed by atoms with Gasteiger partial charge in [-0.15, -0.1) is 0 Å². The molecule has 3 rings (SSSR count). The number of hydrogen-bond donors (Lipinski definition) is 2. The maximum absolute atomic E-state index is 11.3. The lowest BCUT2D eigenvalue weighted by atomic mass is 9.76. The van der Waals surface area contributed by atoms with Gasteiger partial charge in [0.2, 0.25) is 0 Å². The number of carbonyl (C=O) groups is 2. The molecule has 1 aliphatic heterocycles. The fourth-order valence-corrected chi connectivity index (χ4v) is 3.52. The van der Waals surface area contributed by atoms with Crippen molar-refractivity contribution in [3.8, 4) is 0 Å². The summed E-state index contributed by atoms with van der Waals surface area (Å²) in [6.45, 7) is 2.31. The number of carboxylic acid groups (broad SMARTS) is 2. The van der Waals surface area contributed by atoms with Gasteiger partial charge in [0.15, 0.2) is 0 Å². The first-order valence-electron chi connectivity index (χ1n) is 7.46. The highest BCUT2D eigenvalue weighted by Crippen LogP contribution is 2.38. The average Bonchev–Trinajstić information content (AvgIpc) is 2.87. The zero-order valence-electron chi connectivity index (χ0n) is 12.2. The van der Waals surface area contributed by atoms with E-state index in [-0.39, 0.29) is 0 Å². The molecule has 0 saturated heterocycles. The number of benzene rings is 1. The molecule has 1 aromatic carbocycles. The van der Waals surface area contributed by atoms with Gasteiger partial charge in [-0.2, -0.15) is 0 Å². The molecule has 116 valence electrons. The smallest absolute Gasteiger partial charge is 0.307 e. The van der Waals surface area contributed by atoms with Crippen LogP contribution in [-0.2, 0) is 16.1 Å². The van der Waals surface area contributed by atoms with Crippen LogP contribution in [0.15, 0.2) is 41.5 Å². The summed E-state index contributed by atoms with van der Waals surface area (Å²) >= 11 is 0. The van der Waals surface area contributed by atoms with Gasteiger partial charge >= 0.3 is 11.9 Å². The predicted octanol–water partition coefficient (Wildman–Crippen LogP) is 1.99. The van der Waals surface area contributed by atoms with E-state index in [9.17, 15) is 19.8 Å². The van der Waals surface area contributed by atoms with Crippen molar-refractivity contribution >= 4 is 11.9 Å². The highest BCUT2D eigenvalue weighted by molar-refractivity contribution is 5.81. The monoisotopic (exact) mass is 301 g/mol.